The van der Waals surface area contributed by atoms with Crippen LogP contribution in [0, 0.1) is 40.5 Å². The number of thiocarbonyl (C=S) groups is 4. The molecule has 0 radical (unpaired) electrons. The van der Waals surface area contributed by atoms with Gasteiger partial charge in [-0.25, -0.2) is 19.2 Å². The van der Waals surface area contributed by atoms with Gasteiger partial charge in [0.1, 0.15) is 67.8 Å². The molecular formula is C98H96Cl4N16O20S4. The van der Waals surface area contributed by atoms with E-state index in [1.165, 1.54) is 88.3 Å². The molecule has 0 bridgehead atoms. The Kier molecular flexibility index (Phi) is 37.6. The Morgan fingerprint density at radius 1 is 0.352 bits per heavy atom. The Morgan fingerprint density at radius 2 is 0.570 bits per heavy atom. The van der Waals surface area contributed by atoms with Crippen LogP contribution in [0.3, 0.4) is 0 Å². The fourth-order valence-electron chi connectivity index (χ4n) is 14.4. The number of aliphatic imine (C=N–C) groups is 4. The average Bonchev–Trinajstić information content (AvgIpc) is 1.68. The number of esters is 2. The van der Waals surface area contributed by atoms with Crippen molar-refractivity contribution >= 4 is 184 Å². The Hall–Kier alpha value is -14.5. The first kappa shape index (κ1) is 111. The molecule has 0 aliphatic rings. The number of carboxylic acids is 2. The number of aromatic nitrogens is 8. The largest absolute Gasteiger partial charge is 0.504 e. The van der Waals surface area contributed by atoms with Crippen molar-refractivity contribution in [1.82, 2.24) is 39.1 Å². The molecule has 0 amide bonds. The van der Waals surface area contributed by atoms with Gasteiger partial charge in [-0.05, 0) is 120 Å². The van der Waals surface area contributed by atoms with E-state index in [2.05, 4.69) is 91.4 Å². The van der Waals surface area contributed by atoms with Crippen molar-refractivity contribution in [3.63, 3.8) is 0 Å². The molecule has 0 atom stereocenters. The number of carbonyl (C=O) groups excluding carboxylic acids is 2. The summed E-state index contributed by atoms with van der Waals surface area (Å²) in [6.45, 7) is 20.2. The van der Waals surface area contributed by atoms with E-state index in [9.17, 15) is 80.1 Å². The lowest BCUT2D eigenvalue weighted by molar-refractivity contribution is -0.385. The van der Waals surface area contributed by atoms with Crippen LogP contribution in [-0.4, -0.2) is 196 Å². The number of nitro benzene ring substituents is 4. The zero-order chi connectivity index (χ0) is 105. The lowest BCUT2D eigenvalue weighted by Crippen LogP contribution is -2.10. The monoisotopic (exact) mass is 2080 g/mol. The van der Waals surface area contributed by atoms with Gasteiger partial charge in [-0.15, -0.1) is 0 Å². The molecule has 142 heavy (non-hydrogen) atoms. The molecule has 8 aromatic carbocycles. The third-order valence-electron chi connectivity index (χ3n) is 21.8. The minimum atomic E-state index is -1.38. The highest BCUT2D eigenvalue weighted by Gasteiger charge is 2.30. The highest BCUT2D eigenvalue weighted by molar-refractivity contribution is 7.81. The van der Waals surface area contributed by atoms with Crippen LogP contribution in [0.2, 0.25) is 20.1 Å². The van der Waals surface area contributed by atoms with E-state index in [1.54, 1.807) is 114 Å². The summed E-state index contributed by atoms with van der Waals surface area (Å²) >= 11 is 45.8. The van der Waals surface area contributed by atoms with Gasteiger partial charge in [0.05, 0.1) is 103 Å². The van der Waals surface area contributed by atoms with Crippen molar-refractivity contribution in [3.8, 4) is 68.0 Å². The summed E-state index contributed by atoms with van der Waals surface area (Å²) in [6.07, 6.45) is 0.896. The molecule has 12 aromatic rings. The number of ether oxygens (including phenoxy) is 2. The number of aromatic carboxylic acids is 2. The molecule has 740 valence electrons. The summed E-state index contributed by atoms with van der Waals surface area (Å²) in [5, 5.41) is 126. The first-order valence-electron chi connectivity index (χ1n) is 42.7. The first-order valence-corrected chi connectivity index (χ1v) is 45.8. The standard InChI is InChI=1S/C27H30N4O5S.C26H28N4O5S.C23H20Cl2N4O5S.C22H18Cl2N4O5S/c1-16(23-25(32)24(30(5)29-23)18-8-10-19(11-9-18)27(2,3)4)28-15-20(37)13-17-7-12-21(26(33)36-6)22(14-17)31(34)35;1-15(27-14-19(36)12-16-6-11-20(25(32)33)21(13-16)30(34)35)22-24(31)23(29(5)28-22)17-7-9-18(10-8-17)26(2,3)4;1-12(20-22(30)21(28(2)27-20)14-5-7-17(24)18(25)10-14)26-11-15(35)8-13-4-6-16(23(31)34-3)19(9-13)29(32)33;1-11(19-21(29)20(27(2)26-19)13-4-6-16(23)17(24)9-13)25-10-14(34)7-12-3-5-15(22(30)31)18(8-12)28(32)33/h7-12,14,32H,13,15H2,1-6H3;6-11,13,31H,12,14H2,1-5H3,(H,32,33);4-7,9-10,30H,8,11H2,1-3H3;3-6,8-9,29H,7,10H2,1-2H3,(H,30,31). The van der Waals surface area contributed by atoms with Gasteiger partial charge in [0, 0.05) is 120 Å². The third-order valence-corrected chi connectivity index (χ3v) is 24.3. The number of aryl methyl sites for hydroxylation is 4. The van der Waals surface area contributed by atoms with Gasteiger partial charge in [-0.1, -0.05) is 222 Å². The average molecular weight is 2090 g/mol. The molecule has 0 aliphatic carbocycles. The predicted molar refractivity (Wildman–Crippen MR) is 561 cm³/mol. The number of carboxylic acid groups (broad SMARTS) is 2. The zero-order valence-corrected chi connectivity index (χ0v) is 85.7. The molecule has 6 N–H and O–H groups in total. The van der Waals surface area contributed by atoms with Crippen LogP contribution in [0.1, 0.15) is 167 Å². The number of hydrogen-bond donors (Lipinski definition) is 6. The van der Waals surface area contributed by atoms with Crippen LogP contribution < -0.4 is 0 Å². The second-order valence-corrected chi connectivity index (χ2v) is 38.0. The minimum absolute atomic E-state index is 0.0169. The minimum Gasteiger partial charge on any atom is -0.504 e. The normalized spacial score (nSPS) is 11.7. The number of aromatic hydroxyl groups is 4. The van der Waals surface area contributed by atoms with Crippen LogP contribution in [0.5, 0.6) is 23.0 Å². The second-order valence-electron chi connectivity index (χ2n) is 34.1. The second kappa shape index (κ2) is 48.1. The van der Waals surface area contributed by atoms with Gasteiger partial charge < -0.3 is 40.1 Å². The molecule has 0 saturated carbocycles. The Morgan fingerprint density at radius 3 is 0.782 bits per heavy atom. The van der Waals surface area contributed by atoms with Gasteiger partial charge >= 0.3 is 23.9 Å². The number of rotatable bonds is 32. The molecule has 0 saturated heterocycles. The van der Waals surface area contributed by atoms with E-state index >= 15 is 0 Å². The smallest absolute Gasteiger partial charge is 0.344 e. The fourth-order valence-corrected chi connectivity index (χ4v) is 15.9. The van der Waals surface area contributed by atoms with Crippen LogP contribution in [0.25, 0.3) is 45.0 Å². The molecule has 0 unspecified atom stereocenters. The Labute approximate surface area is 855 Å². The summed E-state index contributed by atoms with van der Waals surface area (Å²) in [7, 11) is 9.19. The maximum Gasteiger partial charge on any atom is 0.344 e. The van der Waals surface area contributed by atoms with Crippen LogP contribution in [-0.2, 0) is 74.2 Å². The fraction of sp³-hybridized carbons (Fsp3) is 0.265. The lowest BCUT2D eigenvalue weighted by atomic mass is 9.86. The van der Waals surface area contributed by atoms with Gasteiger partial charge in [0.2, 0.25) is 0 Å². The van der Waals surface area contributed by atoms with E-state index < -0.39 is 60.5 Å². The molecule has 36 nitrogen and oxygen atoms in total. The van der Waals surface area contributed by atoms with Gasteiger partial charge in [-0.2, -0.15) is 20.4 Å². The summed E-state index contributed by atoms with van der Waals surface area (Å²) in [5.41, 5.74) is 10.0. The molecule has 4 aromatic heterocycles. The van der Waals surface area contributed by atoms with Gasteiger partial charge in [-0.3, -0.25) is 79.2 Å². The summed E-state index contributed by atoms with van der Waals surface area (Å²) < 4.78 is 15.4. The van der Waals surface area contributed by atoms with Crippen molar-refractivity contribution in [2.75, 3.05) is 40.4 Å². The lowest BCUT2D eigenvalue weighted by Gasteiger charge is -2.19. The van der Waals surface area contributed by atoms with Gasteiger partial charge in [0.25, 0.3) is 22.7 Å². The van der Waals surface area contributed by atoms with E-state index in [1.807, 2.05) is 48.5 Å². The Bertz CT molecular complexity index is 7150. The maximum absolute atomic E-state index is 11.8. The summed E-state index contributed by atoms with van der Waals surface area (Å²) in [6, 6.07) is 42.2. The summed E-state index contributed by atoms with van der Waals surface area (Å²) in [4.78, 5) is 108. The van der Waals surface area contributed by atoms with E-state index in [0.717, 1.165) is 18.2 Å². The number of halogens is 4. The van der Waals surface area contributed by atoms with Crippen molar-refractivity contribution < 1.29 is 79.0 Å². The highest BCUT2D eigenvalue weighted by atomic mass is 35.5. The molecular weight excluding hydrogens is 1990 g/mol. The number of benzene rings is 8. The number of nitro groups is 4. The van der Waals surface area contributed by atoms with Crippen LogP contribution in [0.4, 0.5) is 22.7 Å². The quantitative estimate of drug-likeness (QED) is 0.00749. The van der Waals surface area contributed by atoms with E-state index in [4.69, 9.17) is 105 Å². The molecule has 12 rings (SSSR count). The number of nitrogens with zero attached hydrogens (tertiary/aromatic N) is 16. The molecule has 0 aliphatic heterocycles. The van der Waals surface area contributed by atoms with E-state index in [-0.39, 0.29) is 125 Å². The van der Waals surface area contributed by atoms with Crippen molar-refractivity contribution in [2.45, 2.75) is 106 Å². The first-order chi connectivity index (χ1) is 66.6. The van der Waals surface area contributed by atoms with Crippen LogP contribution >= 0.6 is 95.3 Å². The third kappa shape index (κ3) is 28.0. The van der Waals surface area contributed by atoms with Crippen molar-refractivity contribution in [1.29, 1.82) is 0 Å². The van der Waals surface area contributed by atoms with Crippen molar-refractivity contribution in [2.24, 2.45) is 48.2 Å². The van der Waals surface area contributed by atoms with E-state index in [0.29, 0.717) is 130 Å². The summed E-state index contributed by atoms with van der Waals surface area (Å²) in [5.74, 6) is -4.39. The Balaban J connectivity index is 0.000000211. The number of methoxy groups -OCH3 is 2. The molecule has 44 heteroatoms. The predicted octanol–water partition coefficient (Wildman–Crippen LogP) is 20.7. The topological polar surface area (TPSA) is 501 Å². The molecule has 0 fully saturated rings. The number of carbonyl (C=O) groups is 4. The van der Waals surface area contributed by atoms with Crippen molar-refractivity contribution in [3.05, 3.63) is 297 Å². The van der Waals surface area contributed by atoms with Crippen LogP contribution in [0.15, 0.2) is 178 Å². The SMILES string of the molecule is CC(=NCC(=S)Cc1ccc(C(=O)O)c([N+](=O)[O-])c1)c1nn(C)c(-c2ccc(C(C)(C)C)cc2)c1O.CC(=NCC(=S)Cc1ccc(C(=O)O)c([N+](=O)[O-])c1)c1nn(C)c(-c2ccc(Cl)c(Cl)c2)c1O.COC(=O)c1ccc(CC(=S)CN=C(C)c2nn(C)c(-c3ccc(C(C)(C)C)cc3)c2O)cc1[N+](=O)[O-].COC(=O)c1ccc(CC(=S)CN=C(C)c2nn(C)c(-c3ccc(Cl)c(Cl)c3)c2O)cc1[N+](=O)[O-]. The molecule has 0 spiro atoms. The van der Waals surface area contributed by atoms with Gasteiger partial charge in [0.15, 0.2) is 23.0 Å². The number of hydrogen-bond acceptors (Lipinski definition) is 30. The molecule has 4 heterocycles. The zero-order valence-electron chi connectivity index (χ0n) is 79.4. The highest BCUT2D eigenvalue weighted by Crippen LogP contribution is 2.41. The maximum atomic E-state index is 11.8.